The van der Waals surface area contributed by atoms with Crippen LogP contribution >= 0.6 is 23.1 Å². The zero-order chi connectivity index (χ0) is 22.8. The highest BCUT2D eigenvalue weighted by atomic mass is 32.2. The topological polar surface area (TPSA) is 45.5 Å². The fraction of sp³-hybridized carbons (Fsp3) is 0.296. The van der Waals surface area contributed by atoms with Crippen molar-refractivity contribution in [2.24, 2.45) is 5.92 Å². The fourth-order valence-corrected chi connectivity index (χ4v) is 5.60. The minimum absolute atomic E-state index is 0.0561. The molecule has 0 saturated carbocycles. The van der Waals surface area contributed by atoms with E-state index < -0.39 is 0 Å². The van der Waals surface area contributed by atoms with Gasteiger partial charge in [0.2, 0.25) is 0 Å². The van der Waals surface area contributed by atoms with E-state index in [9.17, 15) is 4.79 Å². The van der Waals surface area contributed by atoms with Gasteiger partial charge in [-0.25, -0.2) is 0 Å². The second kappa shape index (κ2) is 9.75. The highest BCUT2D eigenvalue weighted by Gasteiger charge is 2.32. The Hall–Kier alpha value is -2.54. The first-order valence-electron chi connectivity index (χ1n) is 11.4. The molecule has 1 N–H and O–H groups in total. The van der Waals surface area contributed by atoms with Gasteiger partial charge in [0, 0.05) is 10.3 Å². The molecular formula is C27H28N2O2S2. The average molecular weight is 477 g/mol. The predicted molar refractivity (Wildman–Crippen MR) is 139 cm³/mol. The molecule has 1 aliphatic heterocycles. The molecule has 1 fully saturated rings. The van der Waals surface area contributed by atoms with Crippen LogP contribution in [-0.2, 0) is 0 Å². The van der Waals surface area contributed by atoms with Gasteiger partial charge in [0.15, 0.2) is 0 Å². The van der Waals surface area contributed by atoms with Gasteiger partial charge in [-0.05, 0) is 79.4 Å². The number of hydrogen-bond donors (Lipinski definition) is 1. The van der Waals surface area contributed by atoms with Gasteiger partial charge in [-0.1, -0.05) is 37.3 Å². The number of carbonyl (C=O) groups excluding carboxylic acids is 1. The van der Waals surface area contributed by atoms with Crippen molar-refractivity contribution in [1.29, 1.82) is 0 Å². The zero-order valence-corrected chi connectivity index (χ0v) is 20.5. The predicted octanol–water partition coefficient (Wildman–Crippen LogP) is 7.29. The summed E-state index contributed by atoms with van der Waals surface area (Å²) >= 11 is 3.19. The van der Waals surface area contributed by atoms with Crippen LogP contribution in [0, 0.1) is 5.92 Å². The molecule has 1 aliphatic rings. The first-order chi connectivity index (χ1) is 16.1. The number of para-hydroxylation sites is 1. The molecule has 6 heteroatoms. The van der Waals surface area contributed by atoms with Crippen LogP contribution in [0.3, 0.4) is 0 Å². The van der Waals surface area contributed by atoms with Crippen LogP contribution in [0.15, 0.2) is 75.4 Å². The van der Waals surface area contributed by atoms with Crippen LogP contribution in [0.25, 0.3) is 11.0 Å². The highest BCUT2D eigenvalue weighted by molar-refractivity contribution is 7.98. The van der Waals surface area contributed by atoms with Gasteiger partial charge in [0.25, 0.3) is 5.91 Å². The van der Waals surface area contributed by atoms with Crippen molar-refractivity contribution < 1.29 is 9.21 Å². The van der Waals surface area contributed by atoms with Crippen LogP contribution < -0.4 is 5.32 Å². The molecule has 0 spiro atoms. The number of benzene rings is 2. The number of piperidine rings is 1. The molecule has 2 aromatic carbocycles. The van der Waals surface area contributed by atoms with Gasteiger partial charge >= 0.3 is 0 Å². The molecule has 1 amide bonds. The smallest absolute Gasteiger partial charge is 0.265 e. The number of likely N-dealkylation sites (tertiary alicyclic amines) is 1. The fourth-order valence-electron chi connectivity index (χ4n) is 4.57. The van der Waals surface area contributed by atoms with Crippen molar-refractivity contribution in [2.45, 2.75) is 30.7 Å². The summed E-state index contributed by atoms with van der Waals surface area (Å²) in [4.78, 5) is 17.5. The van der Waals surface area contributed by atoms with Crippen molar-refractivity contribution in [3.63, 3.8) is 0 Å². The van der Waals surface area contributed by atoms with Crippen LogP contribution in [0.4, 0.5) is 5.69 Å². The van der Waals surface area contributed by atoms with Crippen LogP contribution in [-0.4, -0.2) is 30.2 Å². The van der Waals surface area contributed by atoms with E-state index in [4.69, 9.17) is 4.42 Å². The quantitative estimate of drug-likeness (QED) is 0.297. The lowest BCUT2D eigenvalue weighted by Crippen LogP contribution is -2.37. The van der Waals surface area contributed by atoms with E-state index in [1.54, 1.807) is 11.8 Å². The first-order valence-corrected chi connectivity index (χ1v) is 13.5. The molecule has 5 rings (SSSR count). The number of anilines is 1. The van der Waals surface area contributed by atoms with Crippen molar-refractivity contribution in [3.8, 4) is 0 Å². The number of carbonyl (C=O) groups is 1. The number of hydrogen-bond acceptors (Lipinski definition) is 5. The highest BCUT2D eigenvalue weighted by Crippen LogP contribution is 2.42. The van der Waals surface area contributed by atoms with Crippen molar-refractivity contribution >= 4 is 45.7 Å². The Labute approximate surface area is 203 Å². The lowest BCUT2D eigenvalue weighted by molar-refractivity contribution is 0.102. The molecule has 3 heterocycles. The normalized spacial score (nSPS) is 16.2. The van der Waals surface area contributed by atoms with Gasteiger partial charge < -0.3 is 9.73 Å². The number of nitrogens with zero attached hydrogens (tertiary/aromatic N) is 1. The maximum absolute atomic E-state index is 13.1. The zero-order valence-electron chi connectivity index (χ0n) is 18.9. The third-order valence-corrected chi connectivity index (χ3v) is 8.08. The lowest BCUT2D eigenvalue weighted by atomic mass is 9.94. The number of thioether (sulfide) groups is 1. The monoisotopic (exact) mass is 476 g/mol. The Morgan fingerprint density at radius 3 is 2.55 bits per heavy atom. The van der Waals surface area contributed by atoms with Crippen LogP contribution in [0.2, 0.25) is 0 Å². The molecule has 0 aliphatic carbocycles. The molecule has 2 aromatic heterocycles. The van der Waals surface area contributed by atoms with Crippen molar-refractivity contribution in [2.75, 3.05) is 24.7 Å². The maximum atomic E-state index is 13.1. The Balaban J connectivity index is 1.62. The molecule has 0 radical (unpaired) electrons. The van der Waals surface area contributed by atoms with Crippen LogP contribution in [0.5, 0.6) is 0 Å². The molecule has 4 aromatic rings. The lowest BCUT2D eigenvalue weighted by Gasteiger charge is -2.36. The maximum Gasteiger partial charge on any atom is 0.265 e. The number of nitrogens with one attached hydrogen (secondary N) is 1. The summed E-state index contributed by atoms with van der Waals surface area (Å²) in [5.74, 6) is 1.45. The minimum atomic E-state index is -0.0958. The SMILES string of the molecule is CSc1ccc(C(c2oc3ccccc3c2NC(=O)c2cccs2)N2CCC(C)CC2)cc1. The summed E-state index contributed by atoms with van der Waals surface area (Å²) < 4.78 is 6.51. The third-order valence-electron chi connectivity index (χ3n) is 6.47. The summed E-state index contributed by atoms with van der Waals surface area (Å²) in [5.41, 5.74) is 2.76. The molecule has 0 bridgehead atoms. The van der Waals surface area contributed by atoms with Gasteiger partial charge in [-0.3, -0.25) is 9.69 Å². The van der Waals surface area contributed by atoms with E-state index in [1.165, 1.54) is 21.8 Å². The summed E-state index contributed by atoms with van der Waals surface area (Å²) in [6, 6.07) is 20.4. The molecule has 33 heavy (non-hydrogen) atoms. The number of rotatable bonds is 6. The summed E-state index contributed by atoms with van der Waals surface area (Å²) in [6.45, 7) is 4.34. The molecular weight excluding hydrogens is 448 g/mol. The minimum Gasteiger partial charge on any atom is -0.457 e. The van der Waals surface area contributed by atoms with E-state index >= 15 is 0 Å². The largest absolute Gasteiger partial charge is 0.457 e. The van der Waals surface area contributed by atoms with E-state index in [0.29, 0.717) is 4.88 Å². The van der Waals surface area contributed by atoms with Crippen molar-refractivity contribution in [3.05, 3.63) is 82.2 Å². The summed E-state index contributed by atoms with van der Waals surface area (Å²) in [5, 5.41) is 6.07. The third kappa shape index (κ3) is 4.60. The molecule has 4 nitrogen and oxygen atoms in total. The molecule has 1 atom stereocenters. The first kappa shape index (κ1) is 22.3. The van der Waals surface area contributed by atoms with Gasteiger partial charge in [0.05, 0.1) is 16.6 Å². The standard InChI is InChI=1S/C27H28N2O2S2/c1-18-13-15-29(16-14-18)25(19-9-11-20(32-2)12-10-19)26-24(21-6-3-4-7-22(21)31-26)28-27(30)23-8-5-17-33-23/h3-12,17-18,25H,13-16H2,1-2H3,(H,28,30). The molecule has 170 valence electrons. The number of furan rings is 1. The Kier molecular flexibility index (Phi) is 6.58. The van der Waals surface area contributed by atoms with Gasteiger partial charge in [-0.2, -0.15) is 0 Å². The second-order valence-corrected chi connectivity index (χ2v) is 10.5. The van der Waals surface area contributed by atoms with Crippen molar-refractivity contribution in [1.82, 2.24) is 4.90 Å². The molecule has 1 saturated heterocycles. The van der Waals surface area contributed by atoms with Gasteiger partial charge in [-0.15, -0.1) is 23.1 Å². The Bertz CT molecular complexity index is 1220. The second-order valence-electron chi connectivity index (χ2n) is 8.66. The summed E-state index contributed by atoms with van der Waals surface area (Å²) in [6.07, 6.45) is 4.42. The number of thiophene rings is 1. The molecule has 1 unspecified atom stereocenters. The Morgan fingerprint density at radius 1 is 1.09 bits per heavy atom. The number of amides is 1. The van der Waals surface area contributed by atoms with Crippen LogP contribution in [0.1, 0.15) is 46.8 Å². The Morgan fingerprint density at radius 2 is 1.85 bits per heavy atom. The van der Waals surface area contributed by atoms with E-state index in [0.717, 1.165) is 54.3 Å². The number of fused-ring (bicyclic) bond motifs is 1. The van der Waals surface area contributed by atoms with Gasteiger partial charge in [0.1, 0.15) is 11.3 Å². The van der Waals surface area contributed by atoms with E-state index in [-0.39, 0.29) is 11.9 Å². The summed E-state index contributed by atoms with van der Waals surface area (Å²) in [7, 11) is 0. The van der Waals surface area contributed by atoms with E-state index in [1.807, 2.05) is 41.8 Å². The van der Waals surface area contributed by atoms with E-state index in [2.05, 4.69) is 47.7 Å². The average Bonchev–Trinajstić information content (AvgIpc) is 3.50.